The highest BCUT2D eigenvalue weighted by Gasteiger charge is 2.55. The molecule has 2 aromatic carbocycles. The topological polar surface area (TPSA) is 249 Å². The van der Waals surface area contributed by atoms with Gasteiger partial charge in [0, 0.05) is 82.9 Å². The van der Waals surface area contributed by atoms with Gasteiger partial charge in [-0.15, -0.1) is 0 Å². The van der Waals surface area contributed by atoms with E-state index in [4.69, 9.17) is 29.8 Å². The van der Waals surface area contributed by atoms with Crippen LogP contribution in [0.3, 0.4) is 0 Å². The predicted octanol–water partition coefficient (Wildman–Crippen LogP) is -0.469. The summed E-state index contributed by atoms with van der Waals surface area (Å²) in [5.41, 5.74) is -3.85. The van der Waals surface area contributed by atoms with Crippen LogP contribution in [0.5, 0.6) is 17.2 Å². The number of amides is 4. The van der Waals surface area contributed by atoms with E-state index in [0.717, 1.165) is 0 Å². The van der Waals surface area contributed by atoms with Gasteiger partial charge in [-0.3, -0.25) is 38.6 Å². The molecule has 0 bridgehead atoms. The molecule has 0 radical (unpaired) electrons. The number of imide groups is 1. The van der Waals surface area contributed by atoms with Crippen LogP contribution < -0.4 is 15.4 Å². The minimum atomic E-state index is -2.35. The molecule has 4 aliphatic heterocycles. The third kappa shape index (κ3) is 6.59. The number of nitrogens with zero attached hydrogens (tertiary/aromatic N) is 2. The van der Waals surface area contributed by atoms with E-state index < -0.39 is 126 Å². The Kier molecular flexibility index (Phi) is 10.2. The smallest absolute Gasteiger partial charge is 0.252 e. The van der Waals surface area contributed by atoms with Crippen LogP contribution in [0.4, 0.5) is 0 Å². The van der Waals surface area contributed by atoms with Crippen molar-refractivity contribution in [3.8, 4) is 17.2 Å². The van der Waals surface area contributed by atoms with Crippen molar-refractivity contribution in [3.05, 3.63) is 51.6 Å². The summed E-state index contributed by atoms with van der Waals surface area (Å²) in [5, 5.41) is 41.0. The largest absolute Gasteiger partial charge is 0.507 e. The summed E-state index contributed by atoms with van der Waals surface area (Å²) in [5.74, 6) is -6.00. The molecular weight excluding hydrogens is 764 g/mol. The van der Waals surface area contributed by atoms with E-state index in [-0.39, 0.29) is 60.0 Å². The first-order valence-corrected chi connectivity index (χ1v) is 18.9. The molecule has 9 atom stereocenters. The van der Waals surface area contributed by atoms with Crippen molar-refractivity contribution < 1.29 is 73.9 Å². The summed E-state index contributed by atoms with van der Waals surface area (Å²) in [6.07, 6.45) is -6.99. The maximum atomic E-state index is 14.1. The average Bonchev–Trinajstić information content (AvgIpc) is 3.71. The Labute approximate surface area is 332 Å². The summed E-state index contributed by atoms with van der Waals surface area (Å²) in [6, 6.07) is 4.13. The van der Waals surface area contributed by atoms with Gasteiger partial charge >= 0.3 is 0 Å². The van der Waals surface area contributed by atoms with Gasteiger partial charge in [0.2, 0.25) is 23.5 Å². The molecule has 6 aliphatic rings. The van der Waals surface area contributed by atoms with Gasteiger partial charge in [-0.1, -0.05) is 12.1 Å². The third-order valence-electron chi connectivity index (χ3n) is 11.7. The van der Waals surface area contributed by atoms with Crippen LogP contribution in [-0.2, 0) is 49.3 Å². The number of nitrogens with one attached hydrogen (secondary N) is 2. The predicted molar refractivity (Wildman–Crippen MR) is 194 cm³/mol. The molecule has 4 heterocycles. The Morgan fingerprint density at radius 1 is 1.02 bits per heavy atom. The van der Waals surface area contributed by atoms with Crippen molar-refractivity contribution in [1.82, 2.24) is 20.4 Å². The molecule has 1 unspecified atom stereocenters. The zero-order valence-electron chi connectivity index (χ0n) is 32.8. The van der Waals surface area contributed by atoms with Crippen molar-refractivity contribution >= 4 is 35.2 Å². The van der Waals surface area contributed by atoms with Crippen molar-refractivity contribution in [2.24, 2.45) is 0 Å². The molecule has 0 spiro atoms. The fraction of sp³-hybridized carbons (Fsp3) is 0.538. The lowest BCUT2D eigenvalue weighted by Crippen LogP contribution is -2.55. The molecule has 4 saturated heterocycles. The Balaban J connectivity index is 1.08. The molecule has 310 valence electrons. The second-order valence-electron chi connectivity index (χ2n) is 15.0. The zero-order valence-corrected chi connectivity index (χ0v) is 31.8. The van der Waals surface area contributed by atoms with Gasteiger partial charge in [0.15, 0.2) is 24.6 Å². The number of morpholine rings is 1. The first-order valence-electron chi connectivity index (χ1n) is 19.5. The minimum absolute atomic E-state index is 0.0766. The second-order valence-corrected chi connectivity index (χ2v) is 15.0. The molecule has 0 saturated carbocycles. The van der Waals surface area contributed by atoms with Gasteiger partial charge in [0.1, 0.15) is 35.5 Å². The highest BCUT2D eigenvalue weighted by Crippen LogP contribution is 2.53. The summed E-state index contributed by atoms with van der Waals surface area (Å²) < 4.78 is 43.3. The maximum absolute atomic E-state index is 14.1. The number of fused-ring (bicyclic) bond motifs is 6. The number of methoxy groups -OCH3 is 2. The maximum Gasteiger partial charge on any atom is 0.252 e. The van der Waals surface area contributed by atoms with E-state index in [1.807, 2.05) is 0 Å². The SMILES string of the molecule is [3H]C1CC(=O)N(CC(=O)NCCNC(=O)[C@]2(O)Cc3c(O)c4c(c(O)c3[C@@H](O[C@@H]3C[C@H]5[C@H](O[C@@H]6[C@@H](OC)OCCN65)[C@H](C)O3)C2)C(=O)c2c(OC)cccc2C4=O)C1=O. The summed E-state index contributed by atoms with van der Waals surface area (Å²) in [4.78, 5) is 81.3. The van der Waals surface area contributed by atoms with Crippen molar-refractivity contribution in [2.45, 2.75) is 87.8 Å². The molecule has 19 heteroatoms. The first kappa shape index (κ1) is 38.5. The highest BCUT2D eigenvalue weighted by molar-refractivity contribution is 6.31. The van der Waals surface area contributed by atoms with Crippen LogP contribution >= 0.6 is 0 Å². The van der Waals surface area contributed by atoms with Crippen LogP contribution in [0.2, 0.25) is 0 Å². The molecule has 2 aromatic rings. The third-order valence-corrected chi connectivity index (χ3v) is 11.7. The molecule has 4 amide bonds. The Hall–Kier alpha value is -5.02. The number of phenols is 2. The van der Waals surface area contributed by atoms with Crippen LogP contribution in [0.1, 0.15) is 83.0 Å². The Morgan fingerprint density at radius 3 is 2.50 bits per heavy atom. The summed E-state index contributed by atoms with van der Waals surface area (Å²) in [6.45, 7) is 1.71. The second kappa shape index (κ2) is 15.3. The lowest BCUT2D eigenvalue weighted by molar-refractivity contribution is -0.256. The van der Waals surface area contributed by atoms with Crippen LogP contribution in [0.25, 0.3) is 0 Å². The zero-order chi connectivity index (χ0) is 42.1. The normalized spacial score (nSPS) is 31.8. The van der Waals surface area contributed by atoms with Gasteiger partial charge in [-0.25, -0.2) is 0 Å². The molecular formula is C39H44N4O15. The fourth-order valence-electron chi connectivity index (χ4n) is 8.93. The number of hydrogen-bond acceptors (Lipinski definition) is 16. The van der Waals surface area contributed by atoms with E-state index >= 15 is 0 Å². The number of carbonyl (C=O) groups is 6. The van der Waals surface area contributed by atoms with E-state index in [1.165, 1.54) is 32.4 Å². The van der Waals surface area contributed by atoms with E-state index in [0.29, 0.717) is 18.1 Å². The van der Waals surface area contributed by atoms with Crippen LogP contribution in [0, 0.1) is 0 Å². The van der Waals surface area contributed by atoms with E-state index in [9.17, 15) is 44.1 Å². The Morgan fingerprint density at radius 2 is 1.78 bits per heavy atom. The van der Waals surface area contributed by atoms with E-state index in [1.54, 1.807) is 6.92 Å². The van der Waals surface area contributed by atoms with Crippen molar-refractivity contribution in [1.29, 1.82) is 0 Å². The lowest BCUT2D eigenvalue weighted by Gasteiger charge is -2.43. The molecule has 0 aromatic heterocycles. The standard InChI is InChI=1S/C39H44N4O15/c1-17-35-20(42-11-12-55-37(54-3)36(42)58-35)13-26(56-17)57-22-15-39(52,38(51)41-10-9-40-23(44)16-43-24(45)7-8-25(43)46)14-19-28(22)34(50)30-29(32(19)48)31(47)18-5-4-6-21(53-2)27(18)33(30)49/h4-6,17,20,22,26,35-37,48,50,52H,7-16H2,1-3H3,(H,40,44)(H,41,51)/t17-,20-,22-,26+,35+,36+,37-,39-/m0/s1/i7T/t7?,17-,20-,22-,26+,35+,36+,37-,39-. The molecule has 2 aliphatic carbocycles. The number of benzene rings is 2. The monoisotopic (exact) mass is 810 g/mol. The number of aromatic hydroxyl groups is 2. The van der Waals surface area contributed by atoms with Gasteiger partial charge in [-0.2, -0.15) is 0 Å². The lowest BCUT2D eigenvalue weighted by atomic mass is 9.72. The van der Waals surface area contributed by atoms with E-state index in [2.05, 4.69) is 15.5 Å². The number of ketones is 2. The number of phenolic OH excluding ortho intramolecular Hbond substituents is 2. The number of ether oxygens (including phenoxy) is 6. The van der Waals surface area contributed by atoms with Gasteiger partial charge in [0.25, 0.3) is 5.91 Å². The van der Waals surface area contributed by atoms with Crippen molar-refractivity contribution in [2.75, 3.05) is 47.0 Å². The molecule has 19 nitrogen and oxygen atoms in total. The molecule has 58 heavy (non-hydrogen) atoms. The number of rotatable bonds is 10. The molecule has 5 N–H and O–H groups in total. The van der Waals surface area contributed by atoms with Crippen molar-refractivity contribution in [3.63, 3.8) is 0 Å². The quantitative estimate of drug-likeness (QED) is 0.0987. The number of hydrogen-bond donors (Lipinski definition) is 5. The molecule has 8 rings (SSSR count). The van der Waals surface area contributed by atoms with Crippen LogP contribution in [0.15, 0.2) is 18.2 Å². The first-order chi connectivity index (χ1) is 28.2. The van der Waals surface area contributed by atoms with Gasteiger partial charge in [-0.05, 0) is 13.0 Å². The average molecular weight is 811 g/mol. The number of carbonyl (C=O) groups excluding carboxylic acids is 6. The van der Waals surface area contributed by atoms with Gasteiger partial charge < -0.3 is 54.4 Å². The number of likely N-dealkylation sites (tertiary alicyclic amines) is 1. The molecule has 4 fully saturated rings. The highest BCUT2D eigenvalue weighted by atomic mass is 16.7. The fourth-order valence-corrected chi connectivity index (χ4v) is 8.93. The summed E-state index contributed by atoms with van der Waals surface area (Å²) >= 11 is 0. The summed E-state index contributed by atoms with van der Waals surface area (Å²) in [7, 11) is 2.84. The Bertz CT molecular complexity index is 2130. The van der Waals surface area contributed by atoms with Gasteiger partial charge in [0.05, 0.1) is 42.6 Å². The minimum Gasteiger partial charge on any atom is -0.507 e. The van der Waals surface area contributed by atoms with Crippen LogP contribution in [-0.4, -0.2) is 150 Å². The number of aliphatic hydroxyl groups is 1.